The van der Waals surface area contributed by atoms with Gasteiger partial charge in [0.05, 0.1) is 23.8 Å². The van der Waals surface area contributed by atoms with Crippen LogP contribution in [0.4, 0.5) is 24.7 Å². The molecule has 33 heavy (non-hydrogen) atoms. The molecule has 0 aliphatic carbocycles. The van der Waals surface area contributed by atoms with Crippen LogP contribution in [0.5, 0.6) is 5.75 Å². The second-order valence-electron chi connectivity index (χ2n) is 7.95. The Kier molecular flexibility index (Phi) is 7.57. The maximum atomic E-state index is 12.3. The first kappa shape index (κ1) is 23.6. The van der Waals surface area contributed by atoms with E-state index in [2.05, 4.69) is 19.9 Å². The summed E-state index contributed by atoms with van der Waals surface area (Å²) in [4.78, 5) is 7.03. The summed E-state index contributed by atoms with van der Waals surface area (Å²) in [6.07, 6.45) is -0.888. The van der Waals surface area contributed by atoms with Gasteiger partial charge in [0.25, 0.3) is 0 Å². The fraction of sp³-hybridized carbons (Fsp3) is 0.375. The molecule has 0 atom stereocenters. The van der Waals surface area contributed by atoms with Crippen LogP contribution in [0.15, 0.2) is 48.5 Å². The minimum absolute atomic E-state index is 0.285. The summed E-state index contributed by atoms with van der Waals surface area (Å²) in [5.74, 6) is 0.240. The molecule has 1 aliphatic rings. The molecule has 1 fully saturated rings. The van der Waals surface area contributed by atoms with Gasteiger partial charge in [0.15, 0.2) is 0 Å². The van der Waals surface area contributed by atoms with E-state index in [4.69, 9.17) is 16.3 Å². The van der Waals surface area contributed by atoms with Crippen molar-refractivity contribution in [3.8, 4) is 5.75 Å². The highest BCUT2D eigenvalue weighted by atomic mass is 35.5. The predicted molar refractivity (Wildman–Crippen MR) is 123 cm³/mol. The molecule has 0 amide bonds. The Hall–Kier alpha value is -2.55. The number of likely N-dealkylation sites (tertiary alicyclic amines) is 1. The van der Waals surface area contributed by atoms with Crippen LogP contribution in [-0.2, 0) is 11.3 Å². The summed E-state index contributed by atoms with van der Waals surface area (Å²) in [6.45, 7) is 4.36. The topological polar surface area (TPSA) is 46.6 Å². The van der Waals surface area contributed by atoms with Gasteiger partial charge in [-0.05, 0) is 74.0 Å². The highest BCUT2D eigenvalue weighted by Gasteiger charge is 2.30. The number of halogens is 4. The fourth-order valence-electron chi connectivity index (χ4n) is 3.88. The van der Waals surface area contributed by atoms with Gasteiger partial charge < -0.3 is 19.7 Å². The van der Waals surface area contributed by atoms with Gasteiger partial charge in [0.2, 0.25) is 0 Å². The monoisotopic (exact) mass is 479 g/mol. The van der Waals surface area contributed by atoms with Crippen LogP contribution in [0.3, 0.4) is 0 Å². The van der Waals surface area contributed by atoms with Crippen molar-refractivity contribution in [1.29, 1.82) is 0 Å². The second-order valence-corrected chi connectivity index (χ2v) is 8.36. The molecule has 1 aromatic heterocycles. The average molecular weight is 480 g/mol. The molecule has 1 aliphatic heterocycles. The van der Waals surface area contributed by atoms with Crippen molar-refractivity contribution in [3.63, 3.8) is 0 Å². The van der Waals surface area contributed by atoms with E-state index in [0.717, 1.165) is 30.6 Å². The van der Waals surface area contributed by atoms with Crippen LogP contribution in [-0.4, -0.2) is 42.5 Å². The first-order valence-electron chi connectivity index (χ1n) is 10.9. The molecule has 4 rings (SSSR count). The zero-order valence-electron chi connectivity index (χ0n) is 18.0. The van der Waals surface area contributed by atoms with Crippen molar-refractivity contribution in [2.45, 2.75) is 32.2 Å². The van der Waals surface area contributed by atoms with Gasteiger partial charge in [0.1, 0.15) is 11.6 Å². The lowest BCUT2D eigenvalue weighted by Gasteiger charge is -2.26. The van der Waals surface area contributed by atoms with Gasteiger partial charge in [-0.15, -0.1) is 13.2 Å². The van der Waals surface area contributed by atoms with Crippen molar-refractivity contribution in [2.24, 2.45) is 0 Å². The maximum absolute atomic E-state index is 12.3. The molecule has 0 radical (unpaired) electrons. The van der Waals surface area contributed by atoms with Gasteiger partial charge in [-0.2, -0.15) is 0 Å². The standard InChI is InChI=1S/C24H25ClF3N3O2/c25-21-10-4-17(16-32-15-14-31-12-2-1-3-13-31)20-9-11-22(30-23(20)21)29-18-5-7-19(8-6-18)33-24(26,27)28/h4-11H,1-3,12-16H2,(H,29,30). The van der Waals surface area contributed by atoms with Crippen LogP contribution in [0.2, 0.25) is 5.02 Å². The Morgan fingerprint density at radius 1 is 0.970 bits per heavy atom. The molecular weight excluding hydrogens is 455 g/mol. The number of aromatic nitrogens is 1. The van der Waals surface area contributed by atoms with E-state index in [-0.39, 0.29) is 5.75 Å². The molecule has 0 spiro atoms. The summed E-state index contributed by atoms with van der Waals surface area (Å²) in [6, 6.07) is 12.9. The molecule has 3 aromatic rings. The Morgan fingerprint density at radius 2 is 1.73 bits per heavy atom. The maximum Gasteiger partial charge on any atom is 0.573 e. The second kappa shape index (κ2) is 10.6. The third-order valence-corrected chi connectivity index (χ3v) is 5.82. The largest absolute Gasteiger partial charge is 0.573 e. The van der Waals surface area contributed by atoms with Crippen LogP contribution in [0.1, 0.15) is 24.8 Å². The van der Waals surface area contributed by atoms with E-state index >= 15 is 0 Å². The first-order valence-corrected chi connectivity index (χ1v) is 11.3. The fourth-order valence-corrected chi connectivity index (χ4v) is 4.09. The Labute approximate surface area is 195 Å². The number of rotatable bonds is 8. The first-order chi connectivity index (χ1) is 15.9. The van der Waals surface area contributed by atoms with Gasteiger partial charge in [-0.25, -0.2) is 4.98 Å². The van der Waals surface area contributed by atoms with Gasteiger partial charge in [0, 0.05) is 17.6 Å². The zero-order valence-corrected chi connectivity index (χ0v) is 18.8. The van der Waals surface area contributed by atoms with Crippen molar-refractivity contribution in [3.05, 3.63) is 59.1 Å². The zero-order chi connectivity index (χ0) is 23.3. The molecule has 1 saturated heterocycles. The normalized spacial score (nSPS) is 15.0. The summed E-state index contributed by atoms with van der Waals surface area (Å²) in [5.41, 5.74) is 2.21. The average Bonchev–Trinajstić information content (AvgIpc) is 2.79. The molecule has 0 unspecified atom stereocenters. The van der Waals surface area contributed by atoms with E-state index in [1.807, 2.05) is 12.1 Å². The third-order valence-electron chi connectivity index (χ3n) is 5.52. The summed E-state index contributed by atoms with van der Waals surface area (Å²) < 4.78 is 46.8. The van der Waals surface area contributed by atoms with Crippen molar-refractivity contribution in [2.75, 3.05) is 31.6 Å². The number of hydrogen-bond acceptors (Lipinski definition) is 5. The summed E-state index contributed by atoms with van der Waals surface area (Å²) in [7, 11) is 0. The number of hydrogen-bond donors (Lipinski definition) is 1. The Bertz CT molecular complexity index is 1070. The number of benzene rings is 2. The molecule has 9 heteroatoms. The van der Waals surface area contributed by atoms with Crippen molar-refractivity contribution >= 4 is 34.0 Å². The van der Waals surface area contributed by atoms with E-state index in [9.17, 15) is 13.2 Å². The minimum Gasteiger partial charge on any atom is -0.406 e. The van der Waals surface area contributed by atoms with E-state index in [1.165, 1.54) is 43.5 Å². The summed E-state index contributed by atoms with van der Waals surface area (Å²) >= 11 is 6.39. The lowest BCUT2D eigenvalue weighted by Crippen LogP contribution is -2.32. The SMILES string of the molecule is FC(F)(F)Oc1ccc(Nc2ccc3c(COCCN4CCCCC4)ccc(Cl)c3n2)cc1. The quantitative estimate of drug-likeness (QED) is 0.372. The minimum atomic E-state index is -4.72. The lowest BCUT2D eigenvalue weighted by molar-refractivity contribution is -0.274. The smallest absolute Gasteiger partial charge is 0.406 e. The van der Waals surface area contributed by atoms with E-state index < -0.39 is 6.36 Å². The predicted octanol–water partition coefficient (Wildman–Crippen LogP) is 6.53. The Balaban J connectivity index is 1.40. The molecule has 2 heterocycles. The lowest BCUT2D eigenvalue weighted by atomic mass is 10.1. The number of fused-ring (bicyclic) bond motifs is 1. The van der Waals surface area contributed by atoms with Crippen LogP contribution in [0, 0.1) is 0 Å². The molecule has 5 nitrogen and oxygen atoms in total. The van der Waals surface area contributed by atoms with Crippen molar-refractivity contribution in [1.82, 2.24) is 9.88 Å². The van der Waals surface area contributed by atoms with Gasteiger partial charge in [-0.1, -0.05) is 24.1 Å². The number of pyridine rings is 1. The number of ether oxygens (including phenoxy) is 2. The number of nitrogens with one attached hydrogen (secondary N) is 1. The number of nitrogens with zero attached hydrogens (tertiary/aromatic N) is 2. The number of anilines is 2. The highest BCUT2D eigenvalue weighted by Crippen LogP contribution is 2.29. The highest BCUT2D eigenvalue weighted by molar-refractivity contribution is 6.35. The van der Waals surface area contributed by atoms with E-state index in [0.29, 0.717) is 35.3 Å². The van der Waals surface area contributed by atoms with Crippen LogP contribution >= 0.6 is 11.6 Å². The molecule has 0 bridgehead atoms. The van der Waals surface area contributed by atoms with Crippen molar-refractivity contribution < 1.29 is 22.6 Å². The summed E-state index contributed by atoms with van der Waals surface area (Å²) in [5, 5.41) is 4.49. The number of alkyl halides is 3. The third kappa shape index (κ3) is 6.72. The molecular formula is C24H25ClF3N3O2. The number of piperidine rings is 1. The van der Waals surface area contributed by atoms with E-state index in [1.54, 1.807) is 12.1 Å². The van der Waals surface area contributed by atoms with Gasteiger partial charge in [-0.3, -0.25) is 0 Å². The molecule has 1 N–H and O–H groups in total. The van der Waals surface area contributed by atoms with Crippen LogP contribution in [0.25, 0.3) is 10.9 Å². The molecule has 2 aromatic carbocycles. The van der Waals surface area contributed by atoms with Gasteiger partial charge >= 0.3 is 6.36 Å². The molecule has 0 saturated carbocycles. The molecule has 176 valence electrons. The van der Waals surface area contributed by atoms with Crippen LogP contribution < -0.4 is 10.1 Å². The Morgan fingerprint density at radius 3 is 2.45 bits per heavy atom.